The molecule has 23 heavy (non-hydrogen) atoms. The molecule has 0 aromatic heterocycles. The van der Waals surface area contributed by atoms with Gasteiger partial charge in [0.05, 0.1) is 12.8 Å². The van der Waals surface area contributed by atoms with Crippen LogP contribution in [0.15, 0.2) is 18.2 Å². The number of aryl methyl sites for hydroxylation is 1. The quantitative estimate of drug-likeness (QED) is 0.458. The van der Waals surface area contributed by atoms with Crippen molar-refractivity contribution in [1.29, 1.82) is 0 Å². The van der Waals surface area contributed by atoms with Crippen molar-refractivity contribution in [3.8, 4) is 5.75 Å². The Labute approximate surface area is 147 Å². The molecule has 3 nitrogen and oxygen atoms in total. The third-order valence-electron chi connectivity index (χ3n) is 3.95. The van der Waals surface area contributed by atoms with Crippen LogP contribution in [0.25, 0.3) is 0 Å². The second-order valence-electron chi connectivity index (χ2n) is 6.04. The average Bonchev–Trinajstić information content (AvgIpc) is 2.54. The summed E-state index contributed by atoms with van der Waals surface area (Å²) in [6, 6.07) is 6.12. The first-order valence-electron chi connectivity index (χ1n) is 8.82. The summed E-state index contributed by atoms with van der Waals surface area (Å²) < 4.78 is 5.44. The van der Waals surface area contributed by atoms with Crippen LogP contribution in [0.4, 0.5) is 5.69 Å². The van der Waals surface area contributed by atoms with E-state index in [0.717, 1.165) is 29.6 Å². The van der Waals surface area contributed by atoms with E-state index in [4.69, 9.17) is 17.0 Å². The lowest BCUT2D eigenvalue weighted by molar-refractivity contribution is 0.394. The van der Waals surface area contributed by atoms with Crippen molar-refractivity contribution in [3.05, 3.63) is 23.8 Å². The molecule has 0 aliphatic rings. The standard InChI is InChI=1S/C19H32N2OS/c1-5-7-9-13-21(14-10-8-6-2)19(23)20-17-15-16(3)11-12-18(17)22-4/h11-12,15H,5-10,13-14H2,1-4H3,(H,20,23). The second kappa shape index (κ2) is 11.3. The zero-order valence-electron chi connectivity index (χ0n) is 15.2. The zero-order valence-corrected chi connectivity index (χ0v) is 16.0. The molecule has 1 rings (SSSR count). The van der Waals surface area contributed by atoms with Crippen molar-refractivity contribution in [3.63, 3.8) is 0 Å². The number of nitrogens with zero attached hydrogens (tertiary/aromatic N) is 1. The van der Waals surface area contributed by atoms with Gasteiger partial charge in [0, 0.05) is 13.1 Å². The topological polar surface area (TPSA) is 24.5 Å². The molecule has 0 fully saturated rings. The Kier molecular flexibility index (Phi) is 9.69. The number of hydrogen-bond acceptors (Lipinski definition) is 2. The van der Waals surface area contributed by atoms with E-state index in [1.165, 1.54) is 44.1 Å². The number of unbranched alkanes of at least 4 members (excludes halogenated alkanes) is 4. The predicted octanol–water partition coefficient (Wildman–Crippen LogP) is 5.38. The summed E-state index contributed by atoms with van der Waals surface area (Å²) in [6.45, 7) is 8.59. The first kappa shape index (κ1) is 19.8. The van der Waals surface area contributed by atoms with Crippen LogP contribution in [0.3, 0.4) is 0 Å². The molecule has 0 aliphatic carbocycles. The largest absolute Gasteiger partial charge is 0.495 e. The maximum Gasteiger partial charge on any atom is 0.173 e. The second-order valence-corrected chi connectivity index (χ2v) is 6.42. The normalized spacial score (nSPS) is 10.4. The Hall–Kier alpha value is -1.29. The van der Waals surface area contributed by atoms with Gasteiger partial charge < -0.3 is 15.0 Å². The summed E-state index contributed by atoms with van der Waals surface area (Å²) >= 11 is 5.67. The third kappa shape index (κ3) is 7.21. The van der Waals surface area contributed by atoms with Gasteiger partial charge in [-0.05, 0) is 49.7 Å². The lowest BCUT2D eigenvalue weighted by atomic mass is 10.2. The monoisotopic (exact) mass is 336 g/mol. The van der Waals surface area contributed by atoms with E-state index >= 15 is 0 Å². The maximum atomic E-state index is 5.67. The Morgan fingerprint density at radius 2 is 1.70 bits per heavy atom. The van der Waals surface area contributed by atoms with E-state index in [2.05, 4.69) is 37.1 Å². The van der Waals surface area contributed by atoms with Gasteiger partial charge in [-0.2, -0.15) is 0 Å². The van der Waals surface area contributed by atoms with E-state index in [0.29, 0.717) is 0 Å². The summed E-state index contributed by atoms with van der Waals surface area (Å²) in [6.07, 6.45) is 7.34. The smallest absolute Gasteiger partial charge is 0.173 e. The molecule has 0 bridgehead atoms. The molecular formula is C19H32N2OS. The molecule has 0 spiro atoms. The SMILES string of the molecule is CCCCCN(CCCCC)C(=S)Nc1cc(C)ccc1OC. The van der Waals surface area contributed by atoms with Crippen molar-refractivity contribution < 1.29 is 4.74 Å². The molecule has 0 saturated carbocycles. The van der Waals surface area contributed by atoms with Crippen LogP contribution in [0.5, 0.6) is 5.75 Å². The van der Waals surface area contributed by atoms with Gasteiger partial charge in [0.2, 0.25) is 0 Å². The van der Waals surface area contributed by atoms with Gasteiger partial charge in [-0.1, -0.05) is 45.6 Å². The minimum absolute atomic E-state index is 0.807. The third-order valence-corrected chi connectivity index (χ3v) is 4.31. The van der Waals surface area contributed by atoms with Crippen molar-refractivity contribution in [2.45, 2.75) is 59.3 Å². The lowest BCUT2D eigenvalue weighted by Gasteiger charge is -2.26. The van der Waals surface area contributed by atoms with Crippen molar-refractivity contribution in [2.24, 2.45) is 0 Å². The van der Waals surface area contributed by atoms with Crippen molar-refractivity contribution >= 4 is 23.0 Å². The lowest BCUT2D eigenvalue weighted by Crippen LogP contribution is -2.36. The van der Waals surface area contributed by atoms with Crippen LogP contribution in [0, 0.1) is 6.92 Å². The number of anilines is 1. The number of nitrogens with one attached hydrogen (secondary N) is 1. The summed E-state index contributed by atoms with van der Waals surface area (Å²) in [5, 5.41) is 4.20. The van der Waals surface area contributed by atoms with E-state index in [-0.39, 0.29) is 0 Å². The molecule has 0 unspecified atom stereocenters. The van der Waals surface area contributed by atoms with Crippen molar-refractivity contribution in [1.82, 2.24) is 4.90 Å². The van der Waals surface area contributed by atoms with Crippen LogP contribution >= 0.6 is 12.2 Å². The first-order valence-corrected chi connectivity index (χ1v) is 9.23. The van der Waals surface area contributed by atoms with Gasteiger partial charge >= 0.3 is 0 Å². The minimum Gasteiger partial charge on any atom is -0.495 e. The Morgan fingerprint density at radius 1 is 1.09 bits per heavy atom. The van der Waals surface area contributed by atoms with E-state index in [1.54, 1.807) is 7.11 Å². The first-order chi connectivity index (χ1) is 11.1. The number of methoxy groups -OCH3 is 1. The van der Waals surface area contributed by atoms with Gasteiger partial charge in [0.1, 0.15) is 5.75 Å². The highest BCUT2D eigenvalue weighted by Crippen LogP contribution is 2.25. The summed E-state index contributed by atoms with van der Waals surface area (Å²) in [5.41, 5.74) is 2.15. The van der Waals surface area contributed by atoms with E-state index in [1.807, 2.05) is 12.1 Å². The van der Waals surface area contributed by atoms with Gasteiger partial charge in [0.25, 0.3) is 0 Å². The summed E-state index contributed by atoms with van der Waals surface area (Å²) in [7, 11) is 1.69. The average molecular weight is 337 g/mol. The molecule has 1 aromatic carbocycles. The minimum atomic E-state index is 0.807. The summed E-state index contributed by atoms with van der Waals surface area (Å²) in [4.78, 5) is 2.31. The van der Waals surface area contributed by atoms with Crippen LogP contribution in [0.2, 0.25) is 0 Å². The molecule has 1 aromatic rings. The van der Waals surface area contributed by atoms with Gasteiger partial charge in [-0.25, -0.2) is 0 Å². The number of rotatable bonds is 10. The highest BCUT2D eigenvalue weighted by molar-refractivity contribution is 7.80. The molecule has 0 heterocycles. The van der Waals surface area contributed by atoms with Gasteiger partial charge in [-0.3, -0.25) is 0 Å². The van der Waals surface area contributed by atoms with Crippen LogP contribution < -0.4 is 10.1 Å². The number of thiocarbonyl (C=S) groups is 1. The molecule has 0 radical (unpaired) electrons. The molecule has 0 atom stereocenters. The van der Waals surface area contributed by atoms with Crippen LogP contribution in [-0.4, -0.2) is 30.2 Å². The highest BCUT2D eigenvalue weighted by atomic mass is 32.1. The molecule has 0 saturated heterocycles. The number of benzene rings is 1. The molecule has 0 amide bonds. The summed E-state index contributed by atoms with van der Waals surface area (Å²) in [5.74, 6) is 0.833. The zero-order chi connectivity index (χ0) is 17.1. The number of ether oxygens (including phenoxy) is 1. The Balaban J connectivity index is 2.72. The fourth-order valence-electron chi connectivity index (χ4n) is 2.53. The Bertz CT molecular complexity index is 466. The number of hydrogen-bond donors (Lipinski definition) is 1. The fourth-order valence-corrected chi connectivity index (χ4v) is 2.83. The molecular weight excluding hydrogens is 304 g/mol. The van der Waals surface area contributed by atoms with Gasteiger partial charge in [0.15, 0.2) is 5.11 Å². The highest BCUT2D eigenvalue weighted by Gasteiger charge is 2.12. The van der Waals surface area contributed by atoms with Crippen molar-refractivity contribution in [2.75, 3.05) is 25.5 Å². The molecule has 4 heteroatoms. The Morgan fingerprint density at radius 3 is 2.22 bits per heavy atom. The molecule has 1 N–H and O–H groups in total. The predicted molar refractivity (Wildman–Crippen MR) is 105 cm³/mol. The van der Waals surface area contributed by atoms with Crippen LogP contribution in [-0.2, 0) is 0 Å². The maximum absolute atomic E-state index is 5.67. The van der Waals surface area contributed by atoms with Crippen LogP contribution in [0.1, 0.15) is 57.9 Å². The molecule has 0 aliphatic heterocycles. The van der Waals surface area contributed by atoms with E-state index in [9.17, 15) is 0 Å². The van der Waals surface area contributed by atoms with Gasteiger partial charge in [-0.15, -0.1) is 0 Å². The van der Waals surface area contributed by atoms with E-state index < -0.39 is 0 Å². The molecule has 130 valence electrons. The fraction of sp³-hybridized carbons (Fsp3) is 0.632.